The molecule has 108 valence electrons. The molecular weight excluding hydrogens is 268 g/mol. The Kier molecular flexibility index (Phi) is 4.82. The fourth-order valence-corrected chi connectivity index (χ4v) is 1.70. The molecule has 0 spiro atoms. The van der Waals surface area contributed by atoms with Crippen LogP contribution in [0, 0.1) is 0 Å². The van der Waals surface area contributed by atoms with Gasteiger partial charge in [-0.25, -0.2) is 4.79 Å². The molecule has 0 fully saturated rings. The van der Waals surface area contributed by atoms with Crippen LogP contribution in [0.15, 0.2) is 54.7 Å². The monoisotopic (exact) mass is 284 g/mol. The van der Waals surface area contributed by atoms with E-state index in [1.165, 1.54) is 12.3 Å². The smallest absolute Gasteiger partial charge is 0.323 e. The normalized spacial score (nSPS) is 10.3. The first kappa shape index (κ1) is 14.5. The van der Waals surface area contributed by atoms with Crippen LogP contribution in [0.4, 0.5) is 10.5 Å². The molecule has 0 saturated carbocycles. The summed E-state index contributed by atoms with van der Waals surface area (Å²) in [5.74, 6) is 0.764. The number of carbonyl (C=O) groups excluding carboxylic acids is 1. The molecule has 2 aromatic rings. The standard InChI is InChI=1S/C16H16N2O3/c1-21-13-6-4-5-12(11-13)9-10-17-16(20)18-14-7-2-3-8-15(14)19/h2-11,19H,1H3,(H2,17,18,20)/b10-9+. The number of phenols is 1. The molecule has 3 N–H and O–H groups in total. The van der Waals surface area contributed by atoms with Crippen LogP contribution >= 0.6 is 0 Å². The molecular formula is C16H16N2O3. The van der Waals surface area contributed by atoms with Crippen molar-refractivity contribution < 1.29 is 14.6 Å². The maximum atomic E-state index is 11.7. The highest BCUT2D eigenvalue weighted by Gasteiger charge is 2.02. The van der Waals surface area contributed by atoms with Crippen molar-refractivity contribution in [1.29, 1.82) is 0 Å². The van der Waals surface area contributed by atoms with Crippen LogP contribution in [0.1, 0.15) is 5.56 Å². The summed E-state index contributed by atoms with van der Waals surface area (Å²) in [7, 11) is 1.60. The van der Waals surface area contributed by atoms with E-state index in [4.69, 9.17) is 4.74 Å². The number of amides is 2. The van der Waals surface area contributed by atoms with Crippen LogP contribution < -0.4 is 15.4 Å². The lowest BCUT2D eigenvalue weighted by Crippen LogP contribution is -2.23. The Morgan fingerprint density at radius 1 is 1.19 bits per heavy atom. The fraction of sp³-hybridized carbons (Fsp3) is 0.0625. The van der Waals surface area contributed by atoms with Crippen molar-refractivity contribution in [2.75, 3.05) is 12.4 Å². The van der Waals surface area contributed by atoms with Gasteiger partial charge in [0.25, 0.3) is 0 Å². The number of hydrogen-bond acceptors (Lipinski definition) is 3. The zero-order valence-corrected chi connectivity index (χ0v) is 11.5. The van der Waals surface area contributed by atoms with E-state index >= 15 is 0 Å². The lowest BCUT2D eigenvalue weighted by Gasteiger charge is -2.06. The first-order chi connectivity index (χ1) is 10.2. The lowest BCUT2D eigenvalue weighted by atomic mass is 10.2. The summed E-state index contributed by atoms with van der Waals surface area (Å²) in [6.45, 7) is 0. The number of aromatic hydroxyl groups is 1. The van der Waals surface area contributed by atoms with Crippen molar-refractivity contribution in [3.8, 4) is 11.5 Å². The second-order valence-corrected chi connectivity index (χ2v) is 4.23. The van der Waals surface area contributed by atoms with E-state index in [1.54, 1.807) is 31.4 Å². The molecule has 5 nitrogen and oxygen atoms in total. The highest BCUT2D eigenvalue weighted by molar-refractivity contribution is 5.91. The molecule has 0 atom stereocenters. The minimum atomic E-state index is -0.435. The van der Waals surface area contributed by atoms with Crippen LogP contribution in [-0.2, 0) is 0 Å². The first-order valence-electron chi connectivity index (χ1n) is 6.35. The Morgan fingerprint density at radius 2 is 2.00 bits per heavy atom. The number of urea groups is 1. The highest BCUT2D eigenvalue weighted by atomic mass is 16.5. The van der Waals surface area contributed by atoms with Gasteiger partial charge >= 0.3 is 6.03 Å². The van der Waals surface area contributed by atoms with Gasteiger partial charge < -0.3 is 20.5 Å². The summed E-state index contributed by atoms with van der Waals surface area (Å²) in [6.07, 6.45) is 3.26. The number of phenolic OH excluding ortho intramolecular Hbond substituents is 1. The van der Waals surface area contributed by atoms with Crippen molar-refractivity contribution in [3.63, 3.8) is 0 Å². The van der Waals surface area contributed by atoms with Crippen LogP contribution in [-0.4, -0.2) is 18.2 Å². The maximum absolute atomic E-state index is 11.7. The molecule has 0 bridgehead atoms. The molecule has 2 rings (SSSR count). The van der Waals surface area contributed by atoms with Crippen LogP contribution in [0.5, 0.6) is 11.5 Å². The van der Waals surface area contributed by atoms with Crippen LogP contribution in [0.25, 0.3) is 6.08 Å². The predicted octanol–water partition coefficient (Wildman–Crippen LogP) is 3.19. The number of nitrogens with one attached hydrogen (secondary N) is 2. The summed E-state index contributed by atoms with van der Waals surface area (Å²) in [5.41, 5.74) is 1.25. The molecule has 0 aliphatic heterocycles. The molecule has 0 heterocycles. The van der Waals surface area contributed by atoms with E-state index in [0.717, 1.165) is 11.3 Å². The van der Waals surface area contributed by atoms with Gasteiger partial charge in [-0.05, 0) is 35.9 Å². The van der Waals surface area contributed by atoms with Gasteiger partial charge in [0.15, 0.2) is 0 Å². The number of anilines is 1. The Bertz CT molecular complexity index is 653. The quantitative estimate of drug-likeness (QED) is 0.755. The minimum absolute atomic E-state index is 0.0180. The average molecular weight is 284 g/mol. The van der Waals surface area contributed by atoms with Gasteiger partial charge in [-0.2, -0.15) is 0 Å². The number of ether oxygens (including phenoxy) is 1. The van der Waals surface area contributed by atoms with E-state index in [-0.39, 0.29) is 5.75 Å². The van der Waals surface area contributed by atoms with Gasteiger partial charge in [-0.3, -0.25) is 0 Å². The van der Waals surface area contributed by atoms with E-state index in [9.17, 15) is 9.90 Å². The van der Waals surface area contributed by atoms with Gasteiger partial charge in [0.1, 0.15) is 11.5 Å². The molecule has 0 aromatic heterocycles. The van der Waals surface area contributed by atoms with Crippen molar-refractivity contribution in [2.24, 2.45) is 0 Å². The van der Waals surface area contributed by atoms with Gasteiger partial charge in [0.2, 0.25) is 0 Å². The molecule has 0 radical (unpaired) electrons. The van der Waals surface area contributed by atoms with E-state index < -0.39 is 6.03 Å². The summed E-state index contributed by atoms with van der Waals surface area (Å²) >= 11 is 0. The molecule has 5 heteroatoms. The second kappa shape index (κ2) is 7.00. The highest BCUT2D eigenvalue weighted by Crippen LogP contribution is 2.21. The molecule has 0 unspecified atom stereocenters. The fourth-order valence-electron chi connectivity index (χ4n) is 1.70. The molecule has 2 amide bonds. The maximum Gasteiger partial charge on any atom is 0.323 e. The van der Waals surface area contributed by atoms with Gasteiger partial charge in [0, 0.05) is 6.20 Å². The third-order valence-corrected chi connectivity index (χ3v) is 2.74. The van der Waals surface area contributed by atoms with Crippen molar-refractivity contribution in [2.45, 2.75) is 0 Å². The Labute approximate surface area is 122 Å². The van der Waals surface area contributed by atoms with Crippen molar-refractivity contribution >= 4 is 17.8 Å². The number of benzene rings is 2. The second-order valence-electron chi connectivity index (χ2n) is 4.23. The molecule has 0 saturated heterocycles. The zero-order chi connectivity index (χ0) is 15.1. The first-order valence-corrected chi connectivity index (χ1v) is 6.35. The Morgan fingerprint density at radius 3 is 2.76 bits per heavy atom. The largest absolute Gasteiger partial charge is 0.506 e. The summed E-state index contributed by atoms with van der Waals surface area (Å²) < 4.78 is 5.11. The van der Waals surface area contributed by atoms with E-state index in [2.05, 4.69) is 10.6 Å². The number of methoxy groups -OCH3 is 1. The topological polar surface area (TPSA) is 70.6 Å². The van der Waals surface area contributed by atoms with Crippen LogP contribution in [0.2, 0.25) is 0 Å². The van der Waals surface area contributed by atoms with Crippen LogP contribution in [0.3, 0.4) is 0 Å². The molecule has 21 heavy (non-hydrogen) atoms. The SMILES string of the molecule is COc1cccc(/C=C/NC(=O)Nc2ccccc2O)c1. The van der Waals surface area contributed by atoms with E-state index in [1.807, 2.05) is 24.3 Å². The minimum Gasteiger partial charge on any atom is -0.506 e. The van der Waals surface area contributed by atoms with Gasteiger partial charge in [-0.15, -0.1) is 0 Å². The Balaban J connectivity index is 1.91. The number of rotatable bonds is 4. The molecule has 2 aromatic carbocycles. The van der Waals surface area contributed by atoms with Gasteiger partial charge in [-0.1, -0.05) is 24.3 Å². The lowest BCUT2D eigenvalue weighted by molar-refractivity contribution is 0.255. The number of carbonyl (C=O) groups is 1. The van der Waals surface area contributed by atoms with Crippen molar-refractivity contribution in [1.82, 2.24) is 5.32 Å². The summed E-state index contributed by atoms with van der Waals surface area (Å²) in [5, 5.41) is 14.7. The third kappa shape index (κ3) is 4.28. The average Bonchev–Trinajstić information content (AvgIpc) is 2.50. The number of para-hydroxylation sites is 2. The van der Waals surface area contributed by atoms with Gasteiger partial charge in [0.05, 0.1) is 12.8 Å². The van der Waals surface area contributed by atoms with Crippen molar-refractivity contribution in [3.05, 3.63) is 60.3 Å². The zero-order valence-electron chi connectivity index (χ0n) is 11.5. The summed E-state index contributed by atoms with van der Waals surface area (Å²) in [6, 6.07) is 13.5. The number of hydrogen-bond donors (Lipinski definition) is 3. The predicted molar refractivity (Wildman–Crippen MR) is 82.3 cm³/mol. The molecule has 0 aliphatic rings. The summed E-state index contributed by atoms with van der Waals surface area (Å²) in [4.78, 5) is 11.7. The molecule has 0 aliphatic carbocycles. The Hall–Kier alpha value is -2.95. The van der Waals surface area contributed by atoms with E-state index in [0.29, 0.717) is 5.69 Å². The third-order valence-electron chi connectivity index (χ3n) is 2.74.